The second-order valence-corrected chi connectivity index (χ2v) is 8.85. The summed E-state index contributed by atoms with van der Waals surface area (Å²) >= 11 is 0. The zero-order valence-electron chi connectivity index (χ0n) is 20.0. The zero-order valence-corrected chi connectivity index (χ0v) is 20.0. The summed E-state index contributed by atoms with van der Waals surface area (Å²) in [6, 6.07) is 18.6. The Hall–Kier alpha value is -3.54. The van der Waals surface area contributed by atoms with Crippen LogP contribution in [0.4, 0.5) is 5.69 Å². The highest BCUT2D eigenvalue weighted by molar-refractivity contribution is 6.02. The number of methoxy groups -OCH3 is 1. The summed E-state index contributed by atoms with van der Waals surface area (Å²) in [6.07, 6.45) is 3.96. The molecule has 34 heavy (non-hydrogen) atoms. The number of aryl methyl sites for hydroxylation is 1. The Labute approximate surface area is 201 Å². The molecular formula is C28H33N3O3. The summed E-state index contributed by atoms with van der Waals surface area (Å²) in [5.74, 6) is -0.724. The second-order valence-electron chi connectivity index (χ2n) is 8.85. The number of esters is 1. The maximum Gasteiger partial charge on any atom is 0.305 e. The summed E-state index contributed by atoms with van der Waals surface area (Å²) in [4.78, 5) is 27.0. The van der Waals surface area contributed by atoms with Crippen LogP contribution in [0, 0.1) is 6.92 Å². The van der Waals surface area contributed by atoms with Crippen LogP contribution in [0.15, 0.2) is 54.6 Å². The molecule has 0 spiro atoms. The molecule has 6 heteroatoms. The van der Waals surface area contributed by atoms with Gasteiger partial charge in [-0.05, 0) is 55.9 Å². The molecule has 178 valence electrons. The molecule has 6 nitrogen and oxygen atoms in total. The number of ether oxygens (including phenoxy) is 1. The molecule has 3 aromatic rings. The minimum absolute atomic E-state index is 0.238. The van der Waals surface area contributed by atoms with Gasteiger partial charge in [-0.25, -0.2) is 0 Å². The number of benzene rings is 2. The highest BCUT2D eigenvalue weighted by Crippen LogP contribution is 2.35. The van der Waals surface area contributed by atoms with Crippen molar-refractivity contribution in [2.24, 2.45) is 5.73 Å². The van der Waals surface area contributed by atoms with Crippen LogP contribution in [0.25, 0.3) is 11.1 Å². The van der Waals surface area contributed by atoms with Crippen molar-refractivity contribution in [1.29, 1.82) is 0 Å². The van der Waals surface area contributed by atoms with Crippen LogP contribution in [0.1, 0.15) is 46.6 Å². The Morgan fingerprint density at radius 2 is 1.65 bits per heavy atom. The third-order valence-corrected chi connectivity index (χ3v) is 6.77. The number of rotatable bonds is 9. The zero-order chi connectivity index (χ0) is 24.1. The van der Waals surface area contributed by atoms with Gasteiger partial charge >= 0.3 is 5.97 Å². The fraction of sp³-hybridized carbons (Fsp3) is 0.357. The minimum Gasteiger partial charge on any atom is -0.469 e. The number of carbonyl (C=O) groups excluding carboxylic acids is 2. The van der Waals surface area contributed by atoms with E-state index in [0.29, 0.717) is 18.5 Å². The maximum absolute atomic E-state index is 12.6. The van der Waals surface area contributed by atoms with E-state index in [1.807, 2.05) is 25.1 Å². The van der Waals surface area contributed by atoms with Crippen LogP contribution in [0.2, 0.25) is 0 Å². The molecule has 2 aromatic carbocycles. The van der Waals surface area contributed by atoms with Crippen molar-refractivity contribution < 1.29 is 14.3 Å². The van der Waals surface area contributed by atoms with Gasteiger partial charge in [0.05, 0.1) is 19.1 Å². The molecule has 2 heterocycles. The third-order valence-electron chi connectivity index (χ3n) is 6.77. The van der Waals surface area contributed by atoms with E-state index in [4.69, 9.17) is 10.5 Å². The topological polar surface area (TPSA) is 77.6 Å². The summed E-state index contributed by atoms with van der Waals surface area (Å²) in [5.41, 5.74) is 12.4. The van der Waals surface area contributed by atoms with E-state index in [-0.39, 0.29) is 12.4 Å². The molecule has 0 unspecified atom stereocenters. The first-order chi connectivity index (χ1) is 16.5. The number of amides is 1. The fourth-order valence-corrected chi connectivity index (χ4v) is 4.99. The van der Waals surface area contributed by atoms with Crippen molar-refractivity contribution >= 4 is 17.6 Å². The Morgan fingerprint density at radius 1 is 0.971 bits per heavy atom. The standard InChI is InChI=1S/C28H33N3O3/c1-20-26(28(29)33)27(22-10-12-23(13-11-22)30-17-6-7-18-30)24(14-15-25(32)34-2)31(20)19-16-21-8-4-3-5-9-21/h3-5,8-13H,6-7,14-19H2,1-2H3,(H2,29,33). The summed E-state index contributed by atoms with van der Waals surface area (Å²) in [7, 11) is 1.40. The van der Waals surface area contributed by atoms with Gasteiger partial charge in [0, 0.05) is 42.3 Å². The number of hydrogen-bond acceptors (Lipinski definition) is 4. The monoisotopic (exact) mass is 459 g/mol. The average Bonchev–Trinajstić information content (AvgIpc) is 3.48. The molecule has 0 atom stereocenters. The van der Waals surface area contributed by atoms with Gasteiger partial charge < -0.3 is 19.9 Å². The van der Waals surface area contributed by atoms with E-state index in [1.165, 1.54) is 31.2 Å². The van der Waals surface area contributed by atoms with E-state index < -0.39 is 5.91 Å². The van der Waals surface area contributed by atoms with Crippen molar-refractivity contribution in [2.45, 2.75) is 45.6 Å². The quantitative estimate of drug-likeness (QED) is 0.478. The second kappa shape index (κ2) is 10.6. The largest absolute Gasteiger partial charge is 0.469 e. The molecule has 1 aromatic heterocycles. The number of hydrogen-bond donors (Lipinski definition) is 1. The van der Waals surface area contributed by atoms with Gasteiger partial charge in [0.25, 0.3) is 5.91 Å². The van der Waals surface area contributed by atoms with Crippen molar-refractivity contribution in [1.82, 2.24) is 4.57 Å². The fourth-order valence-electron chi connectivity index (χ4n) is 4.99. The first-order valence-electron chi connectivity index (χ1n) is 12.0. The predicted octanol–water partition coefficient (Wildman–Crippen LogP) is 4.51. The molecule has 1 fully saturated rings. The molecule has 4 rings (SSSR count). The molecule has 1 amide bonds. The van der Waals surface area contributed by atoms with Crippen LogP contribution >= 0.6 is 0 Å². The number of anilines is 1. The SMILES string of the molecule is COC(=O)CCc1c(-c2ccc(N3CCCC3)cc2)c(C(N)=O)c(C)n1CCc1ccccc1. The highest BCUT2D eigenvalue weighted by Gasteiger charge is 2.25. The van der Waals surface area contributed by atoms with Crippen LogP contribution in [0.5, 0.6) is 0 Å². The Kier molecular flexibility index (Phi) is 7.36. The molecule has 0 bridgehead atoms. The predicted molar refractivity (Wildman–Crippen MR) is 135 cm³/mol. The molecule has 0 saturated carbocycles. The maximum atomic E-state index is 12.6. The number of aromatic nitrogens is 1. The minimum atomic E-state index is -0.450. The van der Waals surface area contributed by atoms with Gasteiger partial charge in [0.2, 0.25) is 0 Å². The molecule has 0 aliphatic carbocycles. The molecular weight excluding hydrogens is 426 g/mol. The number of primary amides is 1. The summed E-state index contributed by atoms with van der Waals surface area (Å²) < 4.78 is 7.05. The smallest absolute Gasteiger partial charge is 0.305 e. The van der Waals surface area contributed by atoms with Crippen molar-refractivity contribution in [3.8, 4) is 11.1 Å². The first-order valence-corrected chi connectivity index (χ1v) is 12.0. The van der Waals surface area contributed by atoms with Crippen LogP contribution in [0.3, 0.4) is 0 Å². The van der Waals surface area contributed by atoms with Crippen LogP contribution in [-0.4, -0.2) is 36.6 Å². The number of carbonyl (C=O) groups is 2. The lowest BCUT2D eigenvalue weighted by molar-refractivity contribution is -0.140. The van der Waals surface area contributed by atoms with E-state index >= 15 is 0 Å². The Morgan fingerprint density at radius 3 is 2.26 bits per heavy atom. The summed E-state index contributed by atoms with van der Waals surface area (Å²) in [6.45, 7) is 4.78. The lowest BCUT2D eigenvalue weighted by atomic mass is 9.97. The molecule has 0 radical (unpaired) electrons. The first kappa shape index (κ1) is 23.6. The van der Waals surface area contributed by atoms with Crippen molar-refractivity contribution in [3.05, 3.63) is 77.1 Å². The number of nitrogens with two attached hydrogens (primary N) is 1. The van der Waals surface area contributed by atoms with Gasteiger partial charge in [-0.3, -0.25) is 9.59 Å². The lowest BCUT2D eigenvalue weighted by Gasteiger charge is -2.18. The van der Waals surface area contributed by atoms with Crippen molar-refractivity contribution in [2.75, 3.05) is 25.1 Å². The van der Waals surface area contributed by atoms with Crippen LogP contribution in [-0.2, 0) is 28.9 Å². The van der Waals surface area contributed by atoms with E-state index in [0.717, 1.165) is 42.0 Å². The molecule has 1 aliphatic rings. The summed E-state index contributed by atoms with van der Waals surface area (Å²) in [5, 5.41) is 0. The Bertz CT molecular complexity index is 1140. The Balaban J connectivity index is 1.75. The lowest BCUT2D eigenvalue weighted by Crippen LogP contribution is -2.17. The molecule has 1 aliphatic heterocycles. The van der Waals surface area contributed by atoms with Crippen molar-refractivity contribution in [3.63, 3.8) is 0 Å². The van der Waals surface area contributed by atoms with Crippen LogP contribution < -0.4 is 10.6 Å². The average molecular weight is 460 g/mol. The van der Waals surface area contributed by atoms with Gasteiger partial charge in [-0.1, -0.05) is 42.5 Å². The normalized spacial score (nSPS) is 13.3. The van der Waals surface area contributed by atoms with E-state index in [2.05, 4.69) is 45.9 Å². The van der Waals surface area contributed by atoms with Gasteiger partial charge in [-0.15, -0.1) is 0 Å². The third kappa shape index (κ3) is 5.01. The highest BCUT2D eigenvalue weighted by atomic mass is 16.5. The van der Waals surface area contributed by atoms with E-state index in [9.17, 15) is 9.59 Å². The molecule has 1 saturated heterocycles. The van der Waals surface area contributed by atoms with Gasteiger partial charge in [0.15, 0.2) is 0 Å². The van der Waals surface area contributed by atoms with E-state index in [1.54, 1.807) is 0 Å². The van der Waals surface area contributed by atoms with Gasteiger partial charge in [-0.2, -0.15) is 0 Å². The molecule has 2 N–H and O–H groups in total. The number of nitrogens with zero attached hydrogens (tertiary/aromatic N) is 2. The van der Waals surface area contributed by atoms with Gasteiger partial charge in [0.1, 0.15) is 0 Å².